The minimum Gasteiger partial charge on any atom is -0.375 e. The fourth-order valence-corrected chi connectivity index (χ4v) is 1.80. The zero-order valence-electron chi connectivity index (χ0n) is 11.0. The van der Waals surface area contributed by atoms with Crippen molar-refractivity contribution < 1.29 is 4.74 Å². The van der Waals surface area contributed by atoms with E-state index in [4.69, 9.17) is 10.5 Å². The summed E-state index contributed by atoms with van der Waals surface area (Å²) in [5.41, 5.74) is 9.65. The van der Waals surface area contributed by atoms with Gasteiger partial charge in [-0.15, -0.1) is 0 Å². The lowest BCUT2D eigenvalue weighted by atomic mass is 9.84. The summed E-state index contributed by atoms with van der Waals surface area (Å²) in [7, 11) is 1.71. The van der Waals surface area contributed by atoms with Crippen molar-refractivity contribution in [2.75, 3.05) is 13.7 Å². The van der Waals surface area contributed by atoms with E-state index in [1.54, 1.807) is 7.11 Å². The maximum Gasteiger partial charge on any atom is 0.0945 e. The Kier molecular flexibility index (Phi) is 4.11. The summed E-state index contributed by atoms with van der Waals surface area (Å²) >= 11 is 0. The third-order valence-corrected chi connectivity index (χ3v) is 2.99. The average Bonchev–Trinajstić information content (AvgIpc) is 2.20. The minimum atomic E-state index is 0.00213. The van der Waals surface area contributed by atoms with Crippen LogP contribution in [0.25, 0.3) is 0 Å². The van der Waals surface area contributed by atoms with Gasteiger partial charge in [-0.1, -0.05) is 39.0 Å². The summed E-state index contributed by atoms with van der Waals surface area (Å²) in [5.74, 6) is 0. The lowest BCUT2D eigenvalue weighted by Crippen LogP contribution is -2.17. The molecule has 2 nitrogen and oxygen atoms in total. The van der Waals surface area contributed by atoms with Gasteiger partial charge in [0.15, 0.2) is 0 Å². The summed E-state index contributed by atoms with van der Waals surface area (Å²) in [6.07, 6.45) is 0.00213. The monoisotopic (exact) mass is 221 g/mol. The molecule has 16 heavy (non-hydrogen) atoms. The lowest BCUT2D eigenvalue weighted by molar-refractivity contribution is 0.110. The SMILES string of the molecule is COC(CN)c1cc(C(C)(C)C)ccc1C. The molecule has 1 aromatic carbocycles. The molecule has 1 atom stereocenters. The Balaban J connectivity index is 3.18. The molecule has 1 unspecified atom stereocenters. The van der Waals surface area contributed by atoms with Crippen LogP contribution in [-0.4, -0.2) is 13.7 Å². The molecule has 2 heteroatoms. The molecule has 0 saturated heterocycles. The van der Waals surface area contributed by atoms with Gasteiger partial charge in [0.1, 0.15) is 0 Å². The molecule has 1 rings (SSSR count). The normalized spacial score (nSPS) is 13.9. The van der Waals surface area contributed by atoms with Gasteiger partial charge in [-0.05, 0) is 29.0 Å². The van der Waals surface area contributed by atoms with Gasteiger partial charge in [-0.25, -0.2) is 0 Å². The second-order valence-electron chi connectivity index (χ2n) is 5.28. The largest absolute Gasteiger partial charge is 0.375 e. The first kappa shape index (κ1) is 13.2. The molecule has 0 amide bonds. The Morgan fingerprint density at radius 3 is 2.38 bits per heavy atom. The van der Waals surface area contributed by atoms with Gasteiger partial charge in [-0.2, -0.15) is 0 Å². The summed E-state index contributed by atoms with van der Waals surface area (Å²) in [4.78, 5) is 0. The molecule has 0 fully saturated rings. The van der Waals surface area contributed by atoms with E-state index in [1.807, 2.05) is 0 Å². The fraction of sp³-hybridized carbons (Fsp3) is 0.571. The van der Waals surface area contributed by atoms with Gasteiger partial charge in [0, 0.05) is 13.7 Å². The lowest BCUT2D eigenvalue weighted by Gasteiger charge is -2.23. The van der Waals surface area contributed by atoms with Crippen molar-refractivity contribution in [3.63, 3.8) is 0 Å². The molecule has 90 valence electrons. The van der Waals surface area contributed by atoms with Crippen LogP contribution in [-0.2, 0) is 10.2 Å². The van der Waals surface area contributed by atoms with Crippen LogP contribution in [0.15, 0.2) is 18.2 Å². The zero-order chi connectivity index (χ0) is 12.3. The van der Waals surface area contributed by atoms with Crippen molar-refractivity contribution in [1.29, 1.82) is 0 Å². The van der Waals surface area contributed by atoms with Crippen LogP contribution in [0, 0.1) is 6.92 Å². The number of aryl methyl sites for hydroxylation is 1. The summed E-state index contributed by atoms with van der Waals surface area (Å²) in [6.45, 7) is 9.26. The molecule has 0 bridgehead atoms. The van der Waals surface area contributed by atoms with Gasteiger partial charge in [0.25, 0.3) is 0 Å². The van der Waals surface area contributed by atoms with Crippen molar-refractivity contribution >= 4 is 0 Å². The number of rotatable bonds is 3. The van der Waals surface area contributed by atoms with E-state index in [9.17, 15) is 0 Å². The van der Waals surface area contributed by atoms with Gasteiger partial charge < -0.3 is 10.5 Å². The Morgan fingerprint density at radius 1 is 1.31 bits per heavy atom. The summed E-state index contributed by atoms with van der Waals surface area (Å²) in [6, 6.07) is 6.55. The van der Waals surface area contributed by atoms with Gasteiger partial charge >= 0.3 is 0 Å². The first-order chi connectivity index (χ1) is 7.40. The molecule has 0 radical (unpaired) electrons. The van der Waals surface area contributed by atoms with Crippen molar-refractivity contribution in [3.05, 3.63) is 34.9 Å². The summed E-state index contributed by atoms with van der Waals surface area (Å²) in [5, 5.41) is 0. The maximum absolute atomic E-state index is 5.72. The number of hydrogen-bond acceptors (Lipinski definition) is 2. The van der Waals surface area contributed by atoms with Gasteiger partial charge in [0.05, 0.1) is 6.10 Å². The molecule has 0 aliphatic rings. The highest BCUT2D eigenvalue weighted by atomic mass is 16.5. The van der Waals surface area contributed by atoms with Gasteiger partial charge in [0.2, 0.25) is 0 Å². The van der Waals surface area contributed by atoms with Crippen LogP contribution in [0.2, 0.25) is 0 Å². The minimum absolute atomic E-state index is 0.00213. The molecular formula is C14H23NO. The molecular weight excluding hydrogens is 198 g/mol. The van der Waals surface area contributed by atoms with Gasteiger partial charge in [-0.3, -0.25) is 0 Å². The van der Waals surface area contributed by atoms with Crippen LogP contribution in [0.5, 0.6) is 0 Å². The third-order valence-electron chi connectivity index (χ3n) is 2.99. The first-order valence-corrected chi connectivity index (χ1v) is 5.74. The number of nitrogens with two attached hydrogens (primary N) is 1. The Hall–Kier alpha value is -0.860. The number of ether oxygens (including phenoxy) is 1. The highest BCUT2D eigenvalue weighted by molar-refractivity contribution is 5.36. The number of methoxy groups -OCH3 is 1. The van der Waals surface area contributed by atoms with E-state index in [0.717, 1.165) is 0 Å². The van der Waals surface area contributed by atoms with E-state index >= 15 is 0 Å². The van der Waals surface area contributed by atoms with E-state index in [0.29, 0.717) is 6.54 Å². The topological polar surface area (TPSA) is 35.2 Å². The smallest absolute Gasteiger partial charge is 0.0945 e. The van der Waals surface area contributed by atoms with Crippen LogP contribution < -0.4 is 5.73 Å². The molecule has 2 N–H and O–H groups in total. The van der Waals surface area contributed by atoms with Crippen LogP contribution in [0.1, 0.15) is 43.6 Å². The predicted molar refractivity (Wildman–Crippen MR) is 68.7 cm³/mol. The molecule has 1 aromatic rings. The molecule has 0 aromatic heterocycles. The Bertz CT molecular complexity index is 348. The highest BCUT2D eigenvalue weighted by Gasteiger charge is 2.17. The van der Waals surface area contributed by atoms with E-state index in [-0.39, 0.29) is 11.5 Å². The van der Waals surface area contributed by atoms with Crippen LogP contribution >= 0.6 is 0 Å². The van der Waals surface area contributed by atoms with Crippen molar-refractivity contribution in [2.45, 2.75) is 39.2 Å². The molecule has 0 heterocycles. The second kappa shape index (κ2) is 4.98. The second-order valence-corrected chi connectivity index (χ2v) is 5.28. The number of hydrogen-bond donors (Lipinski definition) is 1. The van der Waals surface area contributed by atoms with E-state index in [1.165, 1.54) is 16.7 Å². The standard InChI is InChI=1S/C14H23NO/c1-10-6-7-11(14(2,3)4)8-12(10)13(9-15)16-5/h6-8,13H,9,15H2,1-5H3. The Labute approximate surface area is 98.8 Å². The first-order valence-electron chi connectivity index (χ1n) is 5.74. The number of benzene rings is 1. The van der Waals surface area contributed by atoms with Crippen molar-refractivity contribution in [3.8, 4) is 0 Å². The average molecular weight is 221 g/mol. The van der Waals surface area contributed by atoms with Crippen LogP contribution in [0.4, 0.5) is 0 Å². The van der Waals surface area contributed by atoms with Crippen molar-refractivity contribution in [1.82, 2.24) is 0 Å². The van der Waals surface area contributed by atoms with E-state index < -0.39 is 0 Å². The molecule has 0 saturated carbocycles. The predicted octanol–water partition coefficient (Wildman–Crippen LogP) is 2.94. The third kappa shape index (κ3) is 2.83. The Morgan fingerprint density at radius 2 is 1.94 bits per heavy atom. The van der Waals surface area contributed by atoms with Crippen molar-refractivity contribution in [2.24, 2.45) is 5.73 Å². The molecule has 0 aliphatic heterocycles. The highest BCUT2D eigenvalue weighted by Crippen LogP contribution is 2.28. The summed E-state index contributed by atoms with van der Waals surface area (Å²) < 4.78 is 5.41. The van der Waals surface area contributed by atoms with Crippen LogP contribution in [0.3, 0.4) is 0 Å². The fourth-order valence-electron chi connectivity index (χ4n) is 1.80. The zero-order valence-corrected chi connectivity index (χ0v) is 11.0. The molecule has 0 aliphatic carbocycles. The quantitative estimate of drug-likeness (QED) is 0.851. The molecule has 0 spiro atoms. The maximum atomic E-state index is 5.72. The van der Waals surface area contributed by atoms with E-state index in [2.05, 4.69) is 45.9 Å².